The van der Waals surface area contributed by atoms with Gasteiger partial charge in [0.1, 0.15) is 11.6 Å². The number of nitrogens with one attached hydrogen (secondary N) is 2. The number of hydrogen-bond acceptors (Lipinski definition) is 4. The van der Waals surface area contributed by atoms with Gasteiger partial charge in [-0.25, -0.2) is 4.98 Å². The molecule has 0 radical (unpaired) electrons. The number of aromatic hydroxyl groups is 1. The lowest BCUT2D eigenvalue weighted by atomic mass is 10.3. The number of H-pyrrole nitrogens is 1. The first-order chi connectivity index (χ1) is 8.69. The second-order valence-electron chi connectivity index (χ2n) is 3.86. The number of aromatic nitrogens is 3. The number of phenols is 1. The molecule has 6 heteroatoms. The number of benzene rings is 1. The number of carbonyl (C=O) groups is 1. The van der Waals surface area contributed by atoms with Crippen LogP contribution in [-0.4, -0.2) is 26.2 Å². The zero-order valence-electron chi connectivity index (χ0n) is 9.97. The van der Waals surface area contributed by atoms with Gasteiger partial charge in [0.15, 0.2) is 0 Å². The summed E-state index contributed by atoms with van der Waals surface area (Å²) in [5.41, 5.74) is 0.583. The summed E-state index contributed by atoms with van der Waals surface area (Å²) in [6.45, 7) is 2.03. The Morgan fingerprint density at radius 3 is 2.78 bits per heavy atom. The van der Waals surface area contributed by atoms with Gasteiger partial charge in [0.2, 0.25) is 5.82 Å². The van der Waals surface area contributed by atoms with E-state index < -0.39 is 0 Å². The van der Waals surface area contributed by atoms with E-state index in [1.165, 1.54) is 12.1 Å². The van der Waals surface area contributed by atoms with Gasteiger partial charge in [-0.1, -0.05) is 6.92 Å². The summed E-state index contributed by atoms with van der Waals surface area (Å²) in [5, 5.41) is 18.3. The van der Waals surface area contributed by atoms with E-state index in [-0.39, 0.29) is 17.5 Å². The van der Waals surface area contributed by atoms with Gasteiger partial charge in [-0.3, -0.25) is 9.89 Å². The van der Waals surface area contributed by atoms with E-state index in [0.29, 0.717) is 11.5 Å². The molecule has 2 rings (SSSR count). The van der Waals surface area contributed by atoms with Gasteiger partial charge in [0.25, 0.3) is 5.91 Å². The molecule has 0 saturated carbocycles. The molecule has 1 amide bonds. The van der Waals surface area contributed by atoms with E-state index in [1.807, 2.05) is 6.92 Å². The zero-order chi connectivity index (χ0) is 13.0. The summed E-state index contributed by atoms with van der Waals surface area (Å²) < 4.78 is 0. The maximum atomic E-state index is 11.8. The number of amides is 1. The predicted molar refractivity (Wildman–Crippen MR) is 66.4 cm³/mol. The molecule has 0 bridgehead atoms. The monoisotopic (exact) mass is 246 g/mol. The summed E-state index contributed by atoms with van der Waals surface area (Å²) in [4.78, 5) is 15.9. The van der Waals surface area contributed by atoms with E-state index in [1.54, 1.807) is 12.1 Å². The van der Waals surface area contributed by atoms with Crippen molar-refractivity contribution in [1.29, 1.82) is 0 Å². The number of aromatic amines is 1. The van der Waals surface area contributed by atoms with Crippen molar-refractivity contribution in [2.45, 2.75) is 19.8 Å². The summed E-state index contributed by atoms with van der Waals surface area (Å²) >= 11 is 0. The van der Waals surface area contributed by atoms with Crippen LogP contribution in [0.1, 0.15) is 29.8 Å². The quantitative estimate of drug-likeness (QED) is 0.716. The highest BCUT2D eigenvalue weighted by Crippen LogP contribution is 2.14. The zero-order valence-corrected chi connectivity index (χ0v) is 9.97. The molecule has 0 aliphatic carbocycles. The van der Waals surface area contributed by atoms with Gasteiger partial charge in [0.05, 0.1) is 0 Å². The number of aryl methyl sites for hydroxylation is 1. The van der Waals surface area contributed by atoms with Gasteiger partial charge < -0.3 is 10.4 Å². The highest BCUT2D eigenvalue weighted by molar-refractivity contribution is 6.01. The van der Waals surface area contributed by atoms with Crippen molar-refractivity contribution >= 4 is 11.6 Å². The second-order valence-corrected chi connectivity index (χ2v) is 3.86. The van der Waals surface area contributed by atoms with Gasteiger partial charge in [-0.05, 0) is 30.7 Å². The average Bonchev–Trinajstić information content (AvgIpc) is 2.81. The number of hydrogen-bond donors (Lipinski definition) is 3. The fourth-order valence-corrected chi connectivity index (χ4v) is 1.48. The molecule has 0 aliphatic rings. The lowest BCUT2D eigenvalue weighted by Crippen LogP contribution is -2.13. The van der Waals surface area contributed by atoms with Crippen LogP contribution in [0.4, 0.5) is 5.69 Å². The van der Waals surface area contributed by atoms with Crippen molar-refractivity contribution < 1.29 is 9.90 Å². The molecular formula is C12H14N4O2. The van der Waals surface area contributed by atoms with Gasteiger partial charge >= 0.3 is 0 Å². The molecule has 0 saturated heterocycles. The highest BCUT2D eigenvalue weighted by Gasteiger charge is 2.12. The van der Waals surface area contributed by atoms with Crippen molar-refractivity contribution in [3.05, 3.63) is 35.9 Å². The molecule has 94 valence electrons. The highest BCUT2D eigenvalue weighted by atomic mass is 16.3. The summed E-state index contributed by atoms with van der Waals surface area (Å²) in [5.74, 6) is 0.593. The maximum absolute atomic E-state index is 11.8. The van der Waals surface area contributed by atoms with E-state index in [2.05, 4.69) is 20.5 Å². The molecule has 18 heavy (non-hydrogen) atoms. The third-order valence-electron chi connectivity index (χ3n) is 2.35. The van der Waals surface area contributed by atoms with Crippen LogP contribution in [0.2, 0.25) is 0 Å². The van der Waals surface area contributed by atoms with E-state index in [0.717, 1.165) is 12.8 Å². The molecule has 1 heterocycles. The Morgan fingerprint density at radius 2 is 2.11 bits per heavy atom. The summed E-state index contributed by atoms with van der Waals surface area (Å²) in [6.07, 6.45) is 1.70. The molecule has 6 nitrogen and oxygen atoms in total. The predicted octanol–water partition coefficient (Wildman–Crippen LogP) is 1.72. The van der Waals surface area contributed by atoms with Crippen LogP contribution in [0.3, 0.4) is 0 Å². The number of rotatable bonds is 4. The Labute approximate surface area is 104 Å². The van der Waals surface area contributed by atoms with Crippen LogP contribution in [0.25, 0.3) is 0 Å². The number of nitrogens with zero attached hydrogens (tertiary/aromatic N) is 2. The molecule has 3 N–H and O–H groups in total. The van der Waals surface area contributed by atoms with Crippen LogP contribution in [-0.2, 0) is 6.42 Å². The van der Waals surface area contributed by atoms with E-state index >= 15 is 0 Å². The maximum Gasteiger partial charge on any atom is 0.295 e. The van der Waals surface area contributed by atoms with E-state index in [4.69, 9.17) is 5.11 Å². The van der Waals surface area contributed by atoms with Crippen molar-refractivity contribution in [2.24, 2.45) is 0 Å². The molecular weight excluding hydrogens is 232 g/mol. The van der Waals surface area contributed by atoms with Crippen molar-refractivity contribution in [3.63, 3.8) is 0 Å². The van der Waals surface area contributed by atoms with Crippen molar-refractivity contribution in [3.8, 4) is 5.75 Å². The Balaban J connectivity index is 2.04. The number of carbonyl (C=O) groups excluding carboxylic acids is 1. The van der Waals surface area contributed by atoms with Crippen LogP contribution in [0.15, 0.2) is 24.3 Å². The first-order valence-electron chi connectivity index (χ1n) is 5.70. The molecule has 1 aromatic carbocycles. The van der Waals surface area contributed by atoms with E-state index in [9.17, 15) is 4.79 Å². The Kier molecular flexibility index (Phi) is 3.57. The van der Waals surface area contributed by atoms with Crippen LogP contribution in [0, 0.1) is 0 Å². The van der Waals surface area contributed by atoms with Crippen LogP contribution >= 0.6 is 0 Å². The Hall–Kier alpha value is -2.37. The molecule has 0 fully saturated rings. The fourth-order valence-electron chi connectivity index (χ4n) is 1.48. The Bertz CT molecular complexity index is 533. The average molecular weight is 246 g/mol. The van der Waals surface area contributed by atoms with Crippen molar-refractivity contribution in [2.75, 3.05) is 5.32 Å². The van der Waals surface area contributed by atoms with Gasteiger partial charge in [-0.15, -0.1) is 5.10 Å². The smallest absolute Gasteiger partial charge is 0.295 e. The normalized spacial score (nSPS) is 10.3. The number of anilines is 1. The minimum atomic E-state index is -0.376. The summed E-state index contributed by atoms with van der Waals surface area (Å²) in [7, 11) is 0. The van der Waals surface area contributed by atoms with Crippen molar-refractivity contribution in [1.82, 2.24) is 15.2 Å². The SMILES string of the molecule is CCCc1nc(C(=O)Nc2ccc(O)cc2)n[nH]1. The van der Waals surface area contributed by atoms with Gasteiger partial charge in [-0.2, -0.15) is 0 Å². The first kappa shape index (κ1) is 12.1. The fraction of sp³-hybridized carbons (Fsp3) is 0.250. The second kappa shape index (κ2) is 5.31. The minimum absolute atomic E-state index is 0.117. The number of phenolic OH excluding ortho intramolecular Hbond substituents is 1. The van der Waals surface area contributed by atoms with Crippen LogP contribution in [0.5, 0.6) is 5.75 Å². The lowest BCUT2D eigenvalue weighted by Gasteiger charge is -2.01. The third-order valence-corrected chi connectivity index (χ3v) is 2.35. The minimum Gasteiger partial charge on any atom is -0.508 e. The molecule has 2 aromatic rings. The standard InChI is InChI=1S/C12H14N4O2/c1-2-3-10-14-11(16-15-10)12(18)13-8-4-6-9(17)7-5-8/h4-7,17H,2-3H2,1H3,(H,13,18)(H,14,15,16). The molecule has 0 spiro atoms. The van der Waals surface area contributed by atoms with Crippen LogP contribution < -0.4 is 5.32 Å². The third kappa shape index (κ3) is 2.85. The lowest BCUT2D eigenvalue weighted by molar-refractivity contribution is 0.101. The first-order valence-corrected chi connectivity index (χ1v) is 5.70. The molecule has 1 aromatic heterocycles. The summed E-state index contributed by atoms with van der Waals surface area (Å²) in [6, 6.07) is 6.20. The molecule has 0 unspecified atom stereocenters. The largest absolute Gasteiger partial charge is 0.508 e. The topological polar surface area (TPSA) is 90.9 Å². The molecule has 0 aliphatic heterocycles. The van der Waals surface area contributed by atoms with Gasteiger partial charge in [0, 0.05) is 12.1 Å². The molecule has 0 atom stereocenters. The Morgan fingerprint density at radius 1 is 1.39 bits per heavy atom.